The average molecular weight is 491 g/mol. The molecule has 0 unspecified atom stereocenters. The fourth-order valence-corrected chi connectivity index (χ4v) is 4.80. The number of nitrogens with one attached hydrogen (secondary N) is 2. The average Bonchev–Trinajstić information content (AvgIpc) is 3.16. The van der Waals surface area contributed by atoms with E-state index in [1.807, 2.05) is 54.6 Å². The maximum atomic E-state index is 12.3. The van der Waals surface area contributed by atoms with Gasteiger partial charge in [0.05, 0.1) is 35.5 Å². The molecule has 3 aromatic carbocycles. The number of nitrogens with zero attached hydrogens (tertiary/aromatic N) is 2. The van der Waals surface area contributed by atoms with Gasteiger partial charge < -0.3 is 15.4 Å². The molecule has 0 atom stereocenters. The first-order valence-corrected chi connectivity index (χ1v) is 12.9. The van der Waals surface area contributed by atoms with Crippen LogP contribution < -0.4 is 9.62 Å². The zero-order chi connectivity index (χ0) is 25.0. The summed E-state index contributed by atoms with van der Waals surface area (Å²) in [5, 5.41) is 14.2. The Bertz CT molecular complexity index is 1480. The third kappa shape index (κ3) is 5.52. The molecule has 9 heteroatoms. The Morgan fingerprint density at radius 1 is 1.00 bits per heavy atom. The Morgan fingerprint density at radius 2 is 1.66 bits per heavy atom. The fourth-order valence-electron chi connectivity index (χ4n) is 3.87. The molecule has 35 heavy (non-hydrogen) atoms. The first-order valence-electron chi connectivity index (χ1n) is 11.0. The second-order valence-corrected chi connectivity index (χ2v) is 9.96. The number of H-pyrrole nitrogens is 1. The van der Waals surface area contributed by atoms with Crippen LogP contribution in [0.3, 0.4) is 0 Å². The van der Waals surface area contributed by atoms with E-state index >= 15 is 0 Å². The van der Waals surface area contributed by atoms with Crippen LogP contribution in [0.5, 0.6) is 5.88 Å². The number of para-hydroxylation sites is 1. The van der Waals surface area contributed by atoms with Crippen LogP contribution in [0.2, 0.25) is 0 Å². The molecule has 1 amide bonds. The van der Waals surface area contributed by atoms with E-state index in [4.69, 9.17) is 4.99 Å². The molecule has 180 valence electrons. The number of aliphatic imine (C=N–C) groups is 1. The number of aromatic amines is 1. The van der Waals surface area contributed by atoms with Gasteiger partial charge in [-0.3, -0.25) is 9.10 Å². The van der Waals surface area contributed by atoms with Crippen LogP contribution >= 0.6 is 0 Å². The summed E-state index contributed by atoms with van der Waals surface area (Å²) in [6, 6.07) is 23.9. The normalized spacial score (nSPS) is 12.0. The summed E-state index contributed by atoms with van der Waals surface area (Å²) >= 11 is 0. The monoisotopic (exact) mass is 490 g/mol. The second kappa shape index (κ2) is 10.0. The number of amides is 1. The molecule has 0 aliphatic carbocycles. The Labute approximate surface area is 204 Å². The molecule has 0 saturated heterocycles. The van der Waals surface area contributed by atoms with Gasteiger partial charge in [-0.2, -0.15) is 0 Å². The molecule has 0 aliphatic rings. The van der Waals surface area contributed by atoms with E-state index in [0.29, 0.717) is 22.6 Å². The van der Waals surface area contributed by atoms with Gasteiger partial charge in [0, 0.05) is 29.9 Å². The van der Waals surface area contributed by atoms with Crippen LogP contribution in [-0.2, 0) is 14.8 Å². The summed E-state index contributed by atoms with van der Waals surface area (Å²) in [7, 11) is -3.55. The summed E-state index contributed by atoms with van der Waals surface area (Å²) in [6.45, 7) is 1.69. The number of aromatic hydroxyl groups is 1. The number of anilines is 1. The van der Waals surface area contributed by atoms with Crippen molar-refractivity contribution in [3.63, 3.8) is 0 Å². The number of aromatic nitrogens is 1. The molecular weight excluding hydrogens is 464 g/mol. The molecule has 0 bridgehead atoms. The standard InChI is InChI=1S/C26H26N4O4S/c1-18(31)27-16-17-30(35(2,33)34)21-14-12-20(13-15-21)28-25(19-8-4-3-5-9-19)24-22-10-6-7-11-23(22)29-26(24)32/h3-15,29,32H,16-17H2,1-2H3,(H,27,31). The Morgan fingerprint density at radius 3 is 2.31 bits per heavy atom. The molecule has 0 radical (unpaired) electrons. The van der Waals surface area contributed by atoms with Gasteiger partial charge in [0.1, 0.15) is 0 Å². The number of sulfonamides is 1. The fraction of sp³-hybridized carbons (Fsp3) is 0.154. The number of benzene rings is 3. The number of hydrogen-bond donors (Lipinski definition) is 3. The minimum atomic E-state index is -3.55. The van der Waals surface area contributed by atoms with Crippen LogP contribution in [0.25, 0.3) is 10.9 Å². The molecule has 8 nitrogen and oxygen atoms in total. The predicted octanol–water partition coefficient (Wildman–Crippen LogP) is 3.94. The number of hydrogen-bond acceptors (Lipinski definition) is 5. The Kier molecular flexibility index (Phi) is 6.88. The summed E-state index contributed by atoms with van der Waals surface area (Å²) < 4.78 is 25.9. The molecule has 0 saturated carbocycles. The van der Waals surface area contributed by atoms with E-state index in [-0.39, 0.29) is 24.9 Å². The lowest BCUT2D eigenvalue weighted by Crippen LogP contribution is -2.37. The van der Waals surface area contributed by atoms with Crippen molar-refractivity contribution in [3.8, 4) is 5.88 Å². The maximum Gasteiger partial charge on any atom is 0.232 e. The zero-order valence-corrected chi connectivity index (χ0v) is 20.2. The molecule has 0 aliphatic heterocycles. The van der Waals surface area contributed by atoms with Crippen LogP contribution in [0.1, 0.15) is 18.1 Å². The number of rotatable bonds is 8. The number of carbonyl (C=O) groups is 1. The number of fused-ring (bicyclic) bond motifs is 1. The first kappa shape index (κ1) is 24.0. The first-order chi connectivity index (χ1) is 16.7. The molecule has 4 aromatic rings. The van der Waals surface area contributed by atoms with Gasteiger partial charge in [0.15, 0.2) is 5.88 Å². The van der Waals surface area contributed by atoms with Gasteiger partial charge in [-0.1, -0.05) is 48.5 Å². The second-order valence-electron chi connectivity index (χ2n) is 8.06. The van der Waals surface area contributed by atoms with Gasteiger partial charge in [0.25, 0.3) is 0 Å². The van der Waals surface area contributed by atoms with E-state index in [2.05, 4.69) is 10.3 Å². The van der Waals surface area contributed by atoms with Crippen LogP contribution in [0.15, 0.2) is 83.9 Å². The summed E-state index contributed by atoms with van der Waals surface area (Å²) in [5.41, 5.74) is 3.84. The third-order valence-electron chi connectivity index (χ3n) is 5.44. The third-order valence-corrected chi connectivity index (χ3v) is 6.63. The maximum absolute atomic E-state index is 12.3. The molecule has 0 fully saturated rings. The van der Waals surface area contributed by atoms with Crippen molar-refractivity contribution in [1.82, 2.24) is 10.3 Å². The number of carbonyl (C=O) groups excluding carboxylic acids is 1. The minimum absolute atomic E-state index is 0.0200. The largest absolute Gasteiger partial charge is 0.494 e. The highest BCUT2D eigenvalue weighted by Gasteiger charge is 2.19. The highest BCUT2D eigenvalue weighted by molar-refractivity contribution is 7.92. The zero-order valence-electron chi connectivity index (χ0n) is 19.4. The molecule has 0 spiro atoms. The minimum Gasteiger partial charge on any atom is -0.494 e. The van der Waals surface area contributed by atoms with Crippen LogP contribution in [0, 0.1) is 0 Å². The lowest BCUT2D eigenvalue weighted by Gasteiger charge is -2.22. The van der Waals surface area contributed by atoms with Crippen molar-refractivity contribution in [3.05, 3.63) is 90.0 Å². The van der Waals surface area contributed by atoms with E-state index < -0.39 is 10.0 Å². The van der Waals surface area contributed by atoms with Crippen molar-refractivity contribution in [2.24, 2.45) is 4.99 Å². The summed E-state index contributed by atoms with van der Waals surface area (Å²) in [6.07, 6.45) is 1.13. The van der Waals surface area contributed by atoms with Gasteiger partial charge in [-0.05, 0) is 30.3 Å². The van der Waals surface area contributed by atoms with Crippen molar-refractivity contribution < 1.29 is 18.3 Å². The van der Waals surface area contributed by atoms with Gasteiger partial charge in [-0.15, -0.1) is 0 Å². The summed E-state index contributed by atoms with van der Waals surface area (Å²) in [4.78, 5) is 19.0. The van der Waals surface area contributed by atoms with Crippen molar-refractivity contribution in [1.29, 1.82) is 0 Å². The predicted molar refractivity (Wildman–Crippen MR) is 139 cm³/mol. The topological polar surface area (TPSA) is 115 Å². The molecule has 4 rings (SSSR count). The van der Waals surface area contributed by atoms with E-state index in [1.54, 1.807) is 24.3 Å². The van der Waals surface area contributed by atoms with E-state index in [9.17, 15) is 18.3 Å². The van der Waals surface area contributed by atoms with Crippen molar-refractivity contribution in [2.75, 3.05) is 23.7 Å². The van der Waals surface area contributed by atoms with Gasteiger partial charge in [-0.25, -0.2) is 13.4 Å². The highest BCUT2D eigenvalue weighted by atomic mass is 32.2. The van der Waals surface area contributed by atoms with Crippen molar-refractivity contribution in [2.45, 2.75) is 6.92 Å². The quantitative estimate of drug-likeness (QED) is 0.325. The van der Waals surface area contributed by atoms with E-state index in [1.165, 1.54) is 11.2 Å². The SMILES string of the molecule is CC(=O)NCCN(c1ccc(N=C(c2ccccc2)c2c(O)[nH]c3ccccc23)cc1)S(C)(=O)=O. The smallest absolute Gasteiger partial charge is 0.232 e. The lowest BCUT2D eigenvalue weighted by molar-refractivity contribution is -0.118. The van der Waals surface area contributed by atoms with Gasteiger partial charge >= 0.3 is 0 Å². The molecule has 1 aromatic heterocycles. The summed E-state index contributed by atoms with van der Waals surface area (Å²) in [5.74, 6) is -0.205. The highest BCUT2D eigenvalue weighted by Crippen LogP contribution is 2.32. The van der Waals surface area contributed by atoms with Crippen LogP contribution in [-0.4, -0.2) is 49.5 Å². The molecule has 1 heterocycles. The molecular formula is C26H26N4O4S. The Balaban J connectivity index is 1.74. The molecule has 3 N–H and O–H groups in total. The van der Waals surface area contributed by atoms with Crippen molar-refractivity contribution >= 4 is 43.9 Å². The van der Waals surface area contributed by atoms with Crippen LogP contribution in [0.4, 0.5) is 11.4 Å². The van der Waals surface area contributed by atoms with E-state index in [0.717, 1.165) is 22.7 Å². The lowest BCUT2D eigenvalue weighted by atomic mass is 10.0. The van der Waals surface area contributed by atoms with Gasteiger partial charge in [0.2, 0.25) is 15.9 Å². The Hall–Kier alpha value is -4.11.